The number of carbonyl (C=O) groups excluding carboxylic acids is 1. The quantitative estimate of drug-likeness (QED) is 0.277. The summed E-state index contributed by atoms with van der Waals surface area (Å²) in [5, 5.41) is 11.3. The van der Waals surface area contributed by atoms with Gasteiger partial charge in [-0.05, 0) is 38.5 Å². The molecule has 4 N–H and O–H groups in total. The largest absolute Gasteiger partial charge is 0.481 e. The average Bonchev–Trinajstić information content (AvgIpc) is 2.56. The molecule has 0 aromatic rings. The monoisotopic (exact) mass is 340 g/mol. The lowest BCUT2D eigenvalue weighted by molar-refractivity contribution is -0.137. The topological polar surface area (TPSA) is 92.4 Å². The van der Waals surface area contributed by atoms with Crippen LogP contribution in [0.3, 0.4) is 0 Å². The zero-order chi connectivity index (χ0) is 17.9. The maximum atomic E-state index is 11.3. The highest BCUT2D eigenvalue weighted by molar-refractivity contribution is 5.75. The van der Waals surface area contributed by atoms with Crippen LogP contribution in [0.25, 0.3) is 0 Å². The number of nitrogens with two attached hydrogens (primary N) is 1. The van der Waals surface area contributed by atoms with Crippen LogP contribution in [0.4, 0.5) is 0 Å². The summed E-state index contributed by atoms with van der Waals surface area (Å²) in [6, 6.07) is 0. The Balaban J connectivity index is 3.19. The lowest BCUT2D eigenvalue weighted by atomic mass is 10.1. The number of rotatable bonds is 17. The summed E-state index contributed by atoms with van der Waals surface area (Å²) in [4.78, 5) is 21.7. The first-order chi connectivity index (χ1) is 11.7. The zero-order valence-corrected chi connectivity index (χ0v) is 15.1. The van der Waals surface area contributed by atoms with Crippen LogP contribution < -0.4 is 11.1 Å². The van der Waals surface area contributed by atoms with E-state index < -0.39 is 5.97 Å². The number of nitrogens with one attached hydrogen (secondary N) is 1. The van der Waals surface area contributed by atoms with Crippen LogP contribution in [0.15, 0.2) is 12.2 Å². The van der Waals surface area contributed by atoms with Gasteiger partial charge in [0.25, 0.3) is 0 Å². The average molecular weight is 341 g/mol. The van der Waals surface area contributed by atoms with Gasteiger partial charge in [0.05, 0.1) is 0 Å². The van der Waals surface area contributed by atoms with Crippen LogP contribution in [0, 0.1) is 0 Å². The molecule has 140 valence electrons. The van der Waals surface area contributed by atoms with Gasteiger partial charge in [-0.3, -0.25) is 9.59 Å². The van der Waals surface area contributed by atoms with Crippen molar-refractivity contribution >= 4 is 11.9 Å². The number of hydrogen-bond acceptors (Lipinski definition) is 3. The number of aliphatic carboxylic acids is 1. The van der Waals surface area contributed by atoms with Crippen molar-refractivity contribution in [3.63, 3.8) is 0 Å². The Labute approximate surface area is 147 Å². The number of carbonyl (C=O) groups is 2. The third-order valence-electron chi connectivity index (χ3n) is 3.92. The standard InChI is InChI=1S/C19H36N2O3/c20-16-17-21-18(22)14-12-10-8-6-4-2-1-3-5-7-9-11-13-15-19(23)24/h1-2H,3-17,20H2,(H,21,22)(H,23,24)/b2-1+. The summed E-state index contributed by atoms with van der Waals surface area (Å²) in [5.41, 5.74) is 5.33. The van der Waals surface area contributed by atoms with Crippen molar-refractivity contribution in [3.8, 4) is 0 Å². The molecule has 1 amide bonds. The number of carboxylic acids is 1. The van der Waals surface area contributed by atoms with E-state index in [1.165, 1.54) is 25.7 Å². The Hall–Kier alpha value is -1.36. The molecule has 0 aromatic carbocycles. The van der Waals surface area contributed by atoms with Crippen LogP contribution in [-0.2, 0) is 9.59 Å². The van der Waals surface area contributed by atoms with Crippen molar-refractivity contribution in [1.82, 2.24) is 5.32 Å². The number of carboxylic acid groups (broad SMARTS) is 1. The highest BCUT2D eigenvalue weighted by atomic mass is 16.4. The molecule has 5 nitrogen and oxygen atoms in total. The Morgan fingerprint density at radius 1 is 0.792 bits per heavy atom. The van der Waals surface area contributed by atoms with Crippen LogP contribution in [0.5, 0.6) is 0 Å². The van der Waals surface area contributed by atoms with E-state index in [4.69, 9.17) is 10.8 Å². The third kappa shape index (κ3) is 18.7. The maximum Gasteiger partial charge on any atom is 0.303 e. The minimum atomic E-state index is -0.687. The molecule has 0 rings (SSSR count). The van der Waals surface area contributed by atoms with Crippen molar-refractivity contribution in [3.05, 3.63) is 12.2 Å². The van der Waals surface area contributed by atoms with E-state index in [-0.39, 0.29) is 5.91 Å². The van der Waals surface area contributed by atoms with E-state index in [1.807, 2.05) is 0 Å². The number of hydrogen-bond donors (Lipinski definition) is 3. The molecule has 0 saturated carbocycles. The van der Waals surface area contributed by atoms with E-state index in [0.717, 1.165) is 44.9 Å². The fraction of sp³-hybridized carbons (Fsp3) is 0.789. The van der Waals surface area contributed by atoms with Crippen LogP contribution in [0.1, 0.15) is 83.5 Å². The van der Waals surface area contributed by atoms with Crippen molar-refractivity contribution in [1.29, 1.82) is 0 Å². The van der Waals surface area contributed by atoms with Gasteiger partial charge >= 0.3 is 5.97 Å². The molecule has 0 aliphatic heterocycles. The predicted octanol–water partition coefficient (Wildman–Crippen LogP) is 3.77. The summed E-state index contributed by atoms with van der Waals surface area (Å²) < 4.78 is 0. The minimum Gasteiger partial charge on any atom is -0.481 e. The summed E-state index contributed by atoms with van der Waals surface area (Å²) in [6.45, 7) is 1.08. The zero-order valence-electron chi connectivity index (χ0n) is 15.1. The van der Waals surface area contributed by atoms with E-state index in [1.54, 1.807) is 0 Å². The number of allylic oxidation sites excluding steroid dienone is 2. The van der Waals surface area contributed by atoms with Crippen molar-refractivity contribution < 1.29 is 14.7 Å². The lowest BCUT2D eigenvalue weighted by Crippen LogP contribution is -2.28. The number of amides is 1. The minimum absolute atomic E-state index is 0.114. The molecule has 0 heterocycles. The van der Waals surface area contributed by atoms with E-state index >= 15 is 0 Å². The van der Waals surface area contributed by atoms with E-state index in [0.29, 0.717) is 25.9 Å². The summed E-state index contributed by atoms with van der Waals surface area (Å²) in [6.07, 6.45) is 17.5. The molecule has 0 aliphatic carbocycles. The lowest BCUT2D eigenvalue weighted by Gasteiger charge is -2.03. The Morgan fingerprint density at radius 2 is 1.29 bits per heavy atom. The van der Waals surface area contributed by atoms with Crippen molar-refractivity contribution in [2.45, 2.75) is 83.5 Å². The van der Waals surface area contributed by atoms with E-state index in [9.17, 15) is 9.59 Å². The Morgan fingerprint density at radius 3 is 1.83 bits per heavy atom. The highest BCUT2D eigenvalue weighted by Crippen LogP contribution is 2.09. The van der Waals surface area contributed by atoms with Gasteiger partial charge in [-0.1, -0.05) is 44.3 Å². The Bertz CT molecular complexity index is 344. The van der Waals surface area contributed by atoms with Gasteiger partial charge in [-0.15, -0.1) is 0 Å². The van der Waals surface area contributed by atoms with Gasteiger partial charge in [0, 0.05) is 25.9 Å². The third-order valence-corrected chi connectivity index (χ3v) is 3.92. The summed E-state index contributed by atoms with van der Waals surface area (Å²) in [7, 11) is 0. The van der Waals surface area contributed by atoms with Crippen LogP contribution in [0.2, 0.25) is 0 Å². The van der Waals surface area contributed by atoms with E-state index in [2.05, 4.69) is 17.5 Å². The predicted molar refractivity (Wildman–Crippen MR) is 98.9 cm³/mol. The molecule has 24 heavy (non-hydrogen) atoms. The SMILES string of the molecule is NCCNC(=O)CCCCCC/C=C/CCCCCCCC(=O)O. The molecule has 0 unspecified atom stereocenters. The fourth-order valence-corrected chi connectivity index (χ4v) is 2.51. The first-order valence-electron chi connectivity index (χ1n) is 9.50. The molecule has 0 atom stereocenters. The van der Waals surface area contributed by atoms with Crippen LogP contribution >= 0.6 is 0 Å². The summed E-state index contributed by atoms with van der Waals surface area (Å²) in [5.74, 6) is -0.573. The van der Waals surface area contributed by atoms with Gasteiger partial charge in [0.1, 0.15) is 0 Å². The van der Waals surface area contributed by atoms with Crippen molar-refractivity contribution in [2.24, 2.45) is 5.73 Å². The number of unbranched alkanes of at least 4 members (excludes halogenated alkanes) is 9. The van der Waals surface area contributed by atoms with Gasteiger partial charge < -0.3 is 16.2 Å². The van der Waals surface area contributed by atoms with Crippen LogP contribution in [-0.4, -0.2) is 30.1 Å². The molecule has 0 aromatic heterocycles. The smallest absolute Gasteiger partial charge is 0.303 e. The molecule has 0 aliphatic rings. The highest BCUT2D eigenvalue weighted by Gasteiger charge is 1.99. The second kappa shape index (κ2) is 18.0. The van der Waals surface area contributed by atoms with Gasteiger partial charge in [0.2, 0.25) is 5.91 Å². The Kier molecular flexibility index (Phi) is 17.0. The van der Waals surface area contributed by atoms with Gasteiger partial charge in [-0.2, -0.15) is 0 Å². The molecular weight excluding hydrogens is 304 g/mol. The van der Waals surface area contributed by atoms with Gasteiger partial charge in [0.15, 0.2) is 0 Å². The molecule has 0 bridgehead atoms. The molecule has 0 fully saturated rings. The first-order valence-corrected chi connectivity index (χ1v) is 9.50. The van der Waals surface area contributed by atoms with Gasteiger partial charge in [-0.25, -0.2) is 0 Å². The first kappa shape index (κ1) is 22.6. The maximum absolute atomic E-state index is 11.3. The fourth-order valence-electron chi connectivity index (χ4n) is 2.51. The summed E-state index contributed by atoms with van der Waals surface area (Å²) >= 11 is 0. The van der Waals surface area contributed by atoms with Crippen molar-refractivity contribution in [2.75, 3.05) is 13.1 Å². The molecule has 5 heteroatoms. The normalized spacial score (nSPS) is 11.0. The second-order valence-corrected chi connectivity index (χ2v) is 6.26. The molecule has 0 radical (unpaired) electrons. The molecular formula is C19H36N2O3. The molecule has 0 saturated heterocycles. The second-order valence-electron chi connectivity index (χ2n) is 6.26. The molecule has 0 spiro atoms.